The Morgan fingerprint density at radius 1 is 1.39 bits per heavy atom. The van der Waals surface area contributed by atoms with Crippen molar-refractivity contribution in [3.8, 4) is 0 Å². The SMILES string of the molecule is O=C(O)c1cc(C2CCCC2)nc2c1CCOC2. The lowest BCUT2D eigenvalue weighted by molar-refractivity contribution is 0.0688. The Kier molecular flexibility index (Phi) is 3.04. The van der Waals surface area contributed by atoms with Gasteiger partial charge in [-0.25, -0.2) is 4.79 Å². The van der Waals surface area contributed by atoms with Gasteiger partial charge in [0.1, 0.15) is 0 Å². The van der Waals surface area contributed by atoms with Crippen LogP contribution in [0.15, 0.2) is 6.07 Å². The summed E-state index contributed by atoms with van der Waals surface area (Å²) in [6, 6.07) is 1.79. The first kappa shape index (κ1) is 11.7. The summed E-state index contributed by atoms with van der Waals surface area (Å²) in [5.74, 6) is -0.398. The van der Waals surface area contributed by atoms with Gasteiger partial charge in [0.15, 0.2) is 0 Å². The molecular weight excluding hydrogens is 230 g/mol. The monoisotopic (exact) mass is 247 g/mol. The number of carboxylic acid groups (broad SMARTS) is 1. The fourth-order valence-corrected chi connectivity index (χ4v) is 3.01. The Balaban J connectivity index is 2.05. The van der Waals surface area contributed by atoms with E-state index in [1.807, 2.05) is 0 Å². The molecule has 1 fully saturated rings. The van der Waals surface area contributed by atoms with Gasteiger partial charge in [-0.05, 0) is 30.9 Å². The summed E-state index contributed by atoms with van der Waals surface area (Å²) in [6.07, 6.45) is 5.37. The summed E-state index contributed by atoms with van der Waals surface area (Å²) in [6.45, 7) is 1.05. The smallest absolute Gasteiger partial charge is 0.336 e. The third-order valence-electron chi connectivity index (χ3n) is 3.97. The molecule has 3 rings (SSSR count). The van der Waals surface area contributed by atoms with Gasteiger partial charge < -0.3 is 9.84 Å². The second-order valence-corrected chi connectivity index (χ2v) is 5.11. The highest BCUT2D eigenvalue weighted by molar-refractivity contribution is 5.89. The van der Waals surface area contributed by atoms with Gasteiger partial charge in [0, 0.05) is 11.6 Å². The Bertz CT molecular complexity index is 478. The van der Waals surface area contributed by atoms with Crippen molar-refractivity contribution in [2.24, 2.45) is 0 Å². The second kappa shape index (κ2) is 4.69. The number of ether oxygens (including phenoxy) is 1. The van der Waals surface area contributed by atoms with Gasteiger partial charge in [-0.1, -0.05) is 12.8 Å². The average molecular weight is 247 g/mol. The molecule has 1 aromatic rings. The summed E-state index contributed by atoms with van der Waals surface area (Å²) < 4.78 is 5.39. The number of rotatable bonds is 2. The summed E-state index contributed by atoms with van der Waals surface area (Å²) >= 11 is 0. The zero-order chi connectivity index (χ0) is 12.5. The first-order valence-corrected chi connectivity index (χ1v) is 6.59. The van der Waals surface area contributed by atoms with Gasteiger partial charge in [0.05, 0.1) is 24.5 Å². The largest absolute Gasteiger partial charge is 0.478 e. The highest BCUT2D eigenvalue weighted by atomic mass is 16.5. The van der Waals surface area contributed by atoms with Crippen LogP contribution in [-0.4, -0.2) is 22.7 Å². The van der Waals surface area contributed by atoms with Crippen molar-refractivity contribution in [1.82, 2.24) is 4.98 Å². The molecule has 1 aliphatic heterocycles. The minimum atomic E-state index is -0.838. The third kappa shape index (κ3) is 2.01. The first-order chi connectivity index (χ1) is 8.75. The molecule has 1 saturated carbocycles. The van der Waals surface area contributed by atoms with E-state index in [-0.39, 0.29) is 0 Å². The molecule has 4 nitrogen and oxygen atoms in total. The summed E-state index contributed by atoms with van der Waals surface area (Å²) in [5.41, 5.74) is 3.10. The molecule has 4 heteroatoms. The highest BCUT2D eigenvalue weighted by Gasteiger charge is 2.25. The Labute approximate surface area is 106 Å². The van der Waals surface area contributed by atoms with E-state index in [1.165, 1.54) is 12.8 Å². The highest BCUT2D eigenvalue weighted by Crippen LogP contribution is 2.34. The quantitative estimate of drug-likeness (QED) is 0.872. The first-order valence-electron chi connectivity index (χ1n) is 6.59. The van der Waals surface area contributed by atoms with E-state index in [0.29, 0.717) is 31.1 Å². The van der Waals surface area contributed by atoms with Crippen molar-refractivity contribution in [3.63, 3.8) is 0 Å². The molecule has 0 atom stereocenters. The Morgan fingerprint density at radius 2 is 2.17 bits per heavy atom. The van der Waals surface area contributed by atoms with E-state index in [2.05, 4.69) is 4.98 Å². The van der Waals surface area contributed by atoms with Crippen LogP contribution < -0.4 is 0 Å². The van der Waals surface area contributed by atoms with Crippen molar-refractivity contribution in [3.05, 3.63) is 28.6 Å². The van der Waals surface area contributed by atoms with E-state index >= 15 is 0 Å². The second-order valence-electron chi connectivity index (χ2n) is 5.11. The van der Waals surface area contributed by atoms with E-state index in [9.17, 15) is 9.90 Å². The molecule has 0 amide bonds. The lowest BCUT2D eigenvalue weighted by Gasteiger charge is -2.20. The number of aromatic carboxylic acids is 1. The normalized spacial score (nSPS) is 19.8. The molecule has 18 heavy (non-hydrogen) atoms. The fraction of sp³-hybridized carbons (Fsp3) is 0.571. The van der Waals surface area contributed by atoms with Crippen molar-refractivity contribution in [2.45, 2.75) is 44.6 Å². The minimum Gasteiger partial charge on any atom is -0.478 e. The van der Waals surface area contributed by atoms with Crippen molar-refractivity contribution < 1.29 is 14.6 Å². The fourth-order valence-electron chi connectivity index (χ4n) is 3.01. The molecular formula is C14H17NO3. The zero-order valence-electron chi connectivity index (χ0n) is 10.3. The molecule has 1 aliphatic carbocycles. The number of pyridine rings is 1. The molecule has 1 N–H and O–H groups in total. The van der Waals surface area contributed by atoms with Gasteiger partial charge >= 0.3 is 5.97 Å². The number of carbonyl (C=O) groups is 1. The molecule has 2 aliphatic rings. The molecule has 0 bridgehead atoms. The van der Waals surface area contributed by atoms with Crippen LogP contribution in [0.4, 0.5) is 0 Å². The summed E-state index contributed by atoms with van der Waals surface area (Å²) in [4.78, 5) is 16.0. The van der Waals surface area contributed by atoms with Gasteiger partial charge in [-0.2, -0.15) is 0 Å². The van der Waals surface area contributed by atoms with Crippen molar-refractivity contribution >= 4 is 5.97 Å². The van der Waals surface area contributed by atoms with Gasteiger partial charge in [-0.3, -0.25) is 4.98 Å². The van der Waals surface area contributed by atoms with E-state index < -0.39 is 5.97 Å². The standard InChI is InChI=1S/C14H17NO3/c16-14(17)11-7-12(9-3-1-2-4-9)15-13-8-18-6-5-10(11)13/h7,9H,1-6,8H2,(H,16,17). The molecule has 1 aromatic heterocycles. The van der Waals surface area contributed by atoms with Crippen LogP contribution in [0.3, 0.4) is 0 Å². The third-order valence-corrected chi connectivity index (χ3v) is 3.97. The van der Waals surface area contributed by atoms with Gasteiger partial charge in [0.2, 0.25) is 0 Å². The molecule has 0 unspecified atom stereocenters. The lowest BCUT2D eigenvalue weighted by atomic mass is 9.96. The Hall–Kier alpha value is -1.42. The maximum Gasteiger partial charge on any atom is 0.336 e. The van der Waals surface area contributed by atoms with E-state index in [0.717, 1.165) is 29.8 Å². The van der Waals surface area contributed by atoms with Crippen LogP contribution in [0.2, 0.25) is 0 Å². The maximum atomic E-state index is 11.4. The molecule has 0 radical (unpaired) electrons. The van der Waals surface area contributed by atoms with Crippen LogP contribution in [0.5, 0.6) is 0 Å². The zero-order valence-corrected chi connectivity index (χ0v) is 10.3. The van der Waals surface area contributed by atoms with Crippen LogP contribution in [0, 0.1) is 0 Å². The Morgan fingerprint density at radius 3 is 2.89 bits per heavy atom. The molecule has 2 heterocycles. The number of carboxylic acids is 1. The minimum absolute atomic E-state index is 0.435. The molecule has 0 aromatic carbocycles. The number of fused-ring (bicyclic) bond motifs is 1. The van der Waals surface area contributed by atoms with Crippen LogP contribution in [-0.2, 0) is 17.8 Å². The molecule has 96 valence electrons. The predicted octanol–water partition coefficient (Wildman–Crippen LogP) is 2.51. The molecule has 0 saturated heterocycles. The van der Waals surface area contributed by atoms with Crippen LogP contribution >= 0.6 is 0 Å². The molecule has 0 spiro atoms. The lowest BCUT2D eigenvalue weighted by Crippen LogP contribution is -2.18. The number of nitrogens with zero attached hydrogens (tertiary/aromatic N) is 1. The topological polar surface area (TPSA) is 59.4 Å². The van der Waals surface area contributed by atoms with Crippen LogP contribution in [0.1, 0.15) is 58.9 Å². The number of hydrogen-bond donors (Lipinski definition) is 1. The van der Waals surface area contributed by atoms with Gasteiger partial charge in [-0.15, -0.1) is 0 Å². The van der Waals surface area contributed by atoms with Crippen LogP contribution in [0.25, 0.3) is 0 Å². The van der Waals surface area contributed by atoms with Gasteiger partial charge in [0.25, 0.3) is 0 Å². The summed E-state index contributed by atoms with van der Waals surface area (Å²) in [5, 5.41) is 9.34. The van der Waals surface area contributed by atoms with Crippen molar-refractivity contribution in [1.29, 1.82) is 0 Å². The van der Waals surface area contributed by atoms with E-state index in [4.69, 9.17) is 4.74 Å². The maximum absolute atomic E-state index is 11.4. The predicted molar refractivity (Wildman–Crippen MR) is 65.8 cm³/mol. The van der Waals surface area contributed by atoms with Crippen molar-refractivity contribution in [2.75, 3.05) is 6.61 Å². The average Bonchev–Trinajstić information content (AvgIpc) is 2.91. The number of hydrogen-bond acceptors (Lipinski definition) is 3. The van der Waals surface area contributed by atoms with E-state index in [1.54, 1.807) is 6.07 Å². The summed E-state index contributed by atoms with van der Waals surface area (Å²) in [7, 11) is 0. The number of aromatic nitrogens is 1.